The predicted octanol–water partition coefficient (Wildman–Crippen LogP) is 4.66. The molecular weight excluding hydrogens is 531 g/mol. The minimum absolute atomic E-state index is 0.0209. The molecule has 3 aromatic rings. The van der Waals surface area contributed by atoms with Crippen molar-refractivity contribution in [3.63, 3.8) is 0 Å². The van der Waals surface area contributed by atoms with Gasteiger partial charge in [-0.3, -0.25) is 4.79 Å². The fourth-order valence-electron chi connectivity index (χ4n) is 5.53. The maximum absolute atomic E-state index is 14.0. The van der Waals surface area contributed by atoms with E-state index in [1.54, 1.807) is 25.1 Å². The summed E-state index contributed by atoms with van der Waals surface area (Å²) in [6.07, 6.45) is 3.82. The van der Waals surface area contributed by atoms with Crippen molar-refractivity contribution in [1.82, 2.24) is 14.4 Å². The standard InChI is InChI=1S/C30H35FN4O4S/c1-21-8-9-22(2)27(20-21)33-16-18-34(19-17-33)30(36)25-12-14-35(15-13-25)40(37,38)29-23(3)32-39-28(29)11-10-24-6-4-5-7-26(24)31/h4-11,20,25H,12-19H2,1-3H3/b11-10+. The van der Waals surface area contributed by atoms with Crippen molar-refractivity contribution >= 4 is 33.8 Å². The third kappa shape index (κ3) is 5.69. The highest BCUT2D eigenvalue weighted by Crippen LogP contribution is 2.30. The Bertz CT molecular complexity index is 1520. The van der Waals surface area contributed by atoms with Crippen LogP contribution >= 0.6 is 0 Å². The number of hydrogen-bond acceptors (Lipinski definition) is 6. The van der Waals surface area contributed by atoms with E-state index in [1.165, 1.54) is 39.3 Å². The molecule has 10 heteroatoms. The summed E-state index contributed by atoms with van der Waals surface area (Å²) in [6, 6.07) is 12.6. The van der Waals surface area contributed by atoms with Gasteiger partial charge in [-0.05, 0) is 69.0 Å². The van der Waals surface area contributed by atoms with Crippen LogP contribution in [-0.2, 0) is 14.8 Å². The first-order valence-corrected chi connectivity index (χ1v) is 15.1. The Balaban J connectivity index is 1.21. The number of benzene rings is 2. The Morgan fingerprint density at radius 2 is 1.68 bits per heavy atom. The fraction of sp³-hybridized carbons (Fsp3) is 0.400. The lowest BCUT2D eigenvalue weighted by atomic mass is 9.96. The second kappa shape index (κ2) is 11.5. The highest BCUT2D eigenvalue weighted by Gasteiger charge is 2.37. The normalized spacial score (nSPS) is 17.6. The molecule has 0 N–H and O–H groups in total. The van der Waals surface area contributed by atoms with Gasteiger partial charge < -0.3 is 14.3 Å². The van der Waals surface area contributed by atoms with Crippen LogP contribution in [0.1, 0.15) is 41.0 Å². The van der Waals surface area contributed by atoms with E-state index in [2.05, 4.69) is 42.1 Å². The molecule has 0 bridgehead atoms. The largest absolute Gasteiger partial charge is 0.368 e. The SMILES string of the molecule is Cc1ccc(C)c(N2CCN(C(=O)C3CCN(S(=O)(=O)c4c(C)noc4/C=C/c4ccccc4F)CC3)CC2)c1. The van der Waals surface area contributed by atoms with E-state index in [0.717, 1.165) is 13.1 Å². The average Bonchev–Trinajstić information content (AvgIpc) is 3.34. The molecule has 0 aliphatic carbocycles. The van der Waals surface area contributed by atoms with E-state index in [1.807, 2.05) is 4.90 Å². The van der Waals surface area contributed by atoms with E-state index >= 15 is 0 Å². The molecule has 40 heavy (non-hydrogen) atoms. The van der Waals surface area contributed by atoms with Gasteiger partial charge in [0.2, 0.25) is 15.9 Å². The van der Waals surface area contributed by atoms with Crippen molar-refractivity contribution in [1.29, 1.82) is 0 Å². The number of carbonyl (C=O) groups excluding carboxylic acids is 1. The summed E-state index contributed by atoms with van der Waals surface area (Å²) in [6.45, 7) is 9.11. The number of amides is 1. The third-order valence-electron chi connectivity index (χ3n) is 7.85. The van der Waals surface area contributed by atoms with Crippen LogP contribution in [0.5, 0.6) is 0 Å². The zero-order chi connectivity index (χ0) is 28.4. The molecule has 5 rings (SSSR count). The average molecular weight is 567 g/mol. The Labute approximate surface area is 235 Å². The topological polar surface area (TPSA) is 87.0 Å². The molecule has 2 aliphatic heterocycles. The highest BCUT2D eigenvalue weighted by atomic mass is 32.2. The number of piperazine rings is 1. The minimum atomic E-state index is -3.91. The molecular formula is C30H35FN4O4S. The molecule has 3 heterocycles. The quantitative estimate of drug-likeness (QED) is 0.432. The molecule has 212 valence electrons. The second-order valence-corrected chi connectivity index (χ2v) is 12.5. The molecule has 0 unspecified atom stereocenters. The van der Waals surface area contributed by atoms with Gasteiger partial charge in [0.1, 0.15) is 11.5 Å². The van der Waals surface area contributed by atoms with Crippen LogP contribution in [-0.4, -0.2) is 68.0 Å². The first-order chi connectivity index (χ1) is 19.1. The van der Waals surface area contributed by atoms with Gasteiger partial charge in [0.05, 0.1) is 0 Å². The molecule has 2 fully saturated rings. The van der Waals surface area contributed by atoms with Gasteiger partial charge in [0.25, 0.3) is 0 Å². The van der Waals surface area contributed by atoms with Gasteiger partial charge in [-0.25, -0.2) is 12.8 Å². The van der Waals surface area contributed by atoms with Crippen LogP contribution in [0.3, 0.4) is 0 Å². The number of hydrogen-bond donors (Lipinski definition) is 0. The second-order valence-electron chi connectivity index (χ2n) is 10.6. The van der Waals surface area contributed by atoms with Crippen LogP contribution in [0, 0.1) is 32.5 Å². The maximum atomic E-state index is 14.0. The fourth-order valence-corrected chi connectivity index (χ4v) is 7.25. The van der Waals surface area contributed by atoms with Crippen LogP contribution < -0.4 is 4.90 Å². The van der Waals surface area contributed by atoms with Crippen molar-refractivity contribution in [3.8, 4) is 0 Å². The van der Waals surface area contributed by atoms with Crippen molar-refractivity contribution < 1.29 is 22.1 Å². The zero-order valence-electron chi connectivity index (χ0n) is 23.1. The van der Waals surface area contributed by atoms with Crippen LogP contribution in [0.2, 0.25) is 0 Å². The smallest absolute Gasteiger partial charge is 0.248 e. The molecule has 1 aromatic heterocycles. The van der Waals surface area contributed by atoms with Gasteiger partial charge >= 0.3 is 0 Å². The first kappa shape index (κ1) is 28.0. The summed E-state index contributed by atoms with van der Waals surface area (Å²) < 4.78 is 47.9. The van der Waals surface area contributed by atoms with Crippen molar-refractivity contribution in [3.05, 3.63) is 76.4 Å². The lowest BCUT2D eigenvalue weighted by Gasteiger charge is -2.39. The summed E-state index contributed by atoms with van der Waals surface area (Å²) >= 11 is 0. The van der Waals surface area contributed by atoms with Crippen molar-refractivity contribution in [2.24, 2.45) is 5.92 Å². The first-order valence-electron chi connectivity index (χ1n) is 13.6. The number of rotatable bonds is 6. The third-order valence-corrected chi connectivity index (χ3v) is 9.91. The number of sulfonamides is 1. The molecule has 0 atom stereocenters. The number of nitrogens with zero attached hydrogens (tertiary/aromatic N) is 4. The molecule has 2 aliphatic rings. The number of piperidine rings is 1. The number of halogens is 1. The van der Waals surface area contributed by atoms with Crippen molar-refractivity contribution in [2.75, 3.05) is 44.2 Å². The summed E-state index contributed by atoms with van der Waals surface area (Å²) in [5, 5.41) is 3.86. The Morgan fingerprint density at radius 3 is 2.38 bits per heavy atom. The number of carbonyl (C=O) groups is 1. The zero-order valence-corrected chi connectivity index (χ0v) is 24.0. The van der Waals surface area contributed by atoms with Gasteiger partial charge in [-0.2, -0.15) is 4.31 Å². The van der Waals surface area contributed by atoms with Gasteiger partial charge in [-0.15, -0.1) is 0 Å². The molecule has 0 radical (unpaired) electrons. The monoisotopic (exact) mass is 566 g/mol. The van der Waals surface area contributed by atoms with Crippen LogP contribution in [0.4, 0.5) is 10.1 Å². The minimum Gasteiger partial charge on any atom is -0.368 e. The van der Waals surface area contributed by atoms with E-state index in [-0.39, 0.29) is 41.3 Å². The number of anilines is 1. The van der Waals surface area contributed by atoms with Gasteiger partial charge in [0.15, 0.2) is 10.7 Å². The van der Waals surface area contributed by atoms with Gasteiger partial charge in [0, 0.05) is 56.4 Å². The lowest BCUT2D eigenvalue weighted by Crippen LogP contribution is -2.52. The molecule has 0 spiro atoms. The summed E-state index contributed by atoms with van der Waals surface area (Å²) in [5.74, 6) is -0.464. The predicted molar refractivity (Wildman–Crippen MR) is 153 cm³/mol. The van der Waals surface area contributed by atoms with E-state index in [9.17, 15) is 17.6 Å². The summed E-state index contributed by atoms with van der Waals surface area (Å²) in [7, 11) is -3.91. The Kier molecular flexibility index (Phi) is 8.09. The Hall–Kier alpha value is -3.50. The van der Waals surface area contributed by atoms with Gasteiger partial charge in [-0.1, -0.05) is 35.5 Å². The number of aryl methyl sites for hydroxylation is 3. The van der Waals surface area contributed by atoms with E-state index in [4.69, 9.17) is 4.52 Å². The van der Waals surface area contributed by atoms with E-state index < -0.39 is 15.8 Å². The molecule has 8 nitrogen and oxygen atoms in total. The molecule has 0 saturated carbocycles. The van der Waals surface area contributed by atoms with Crippen LogP contribution in [0.15, 0.2) is 51.9 Å². The molecule has 2 aromatic carbocycles. The van der Waals surface area contributed by atoms with E-state index in [0.29, 0.717) is 31.5 Å². The Morgan fingerprint density at radius 1 is 0.975 bits per heavy atom. The summed E-state index contributed by atoms with van der Waals surface area (Å²) in [4.78, 5) is 17.6. The number of aromatic nitrogens is 1. The van der Waals surface area contributed by atoms with Crippen LogP contribution in [0.25, 0.3) is 12.2 Å². The van der Waals surface area contributed by atoms with Crippen molar-refractivity contribution in [2.45, 2.75) is 38.5 Å². The molecule has 1 amide bonds. The highest BCUT2D eigenvalue weighted by molar-refractivity contribution is 7.89. The molecule has 2 saturated heterocycles. The maximum Gasteiger partial charge on any atom is 0.248 e. The summed E-state index contributed by atoms with van der Waals surface area (Å²) in [5.41, 5.74) is 4.23. The lowest BCUT2D eigenvalue weighted by molar-refractivity contribution is -0.137.